The highest BCUT2D eigenvalue weighted by Gasteiger charge is 2.46. The quantitative estimate of drug-likeness (QED) is 0.171. The van der Waals surface area contributed by atoms with Crippen LogP contribution in [-0.4, -0.2) is 33.2 Å². The lowest BCUT2D eigenvalue weighted by molar-refractivity contribution is -0.384. The zero-order valence-electron chi connectivity index (χ0n) is 18.3. The minimum absolute atomic E-state index is 0.0542. The number of carbonyl (C=O) groups is 2. The highest BCUT2D eigenvalue weighted by molar-refractivity contribution is 6.46. The van der Waals surface area contributed by atoms with Crippen LogP contribution in [0.2, 0.25) is 0 Å². The van der Waals surface area contributed by atoms with E-state index in [9.17, 15) is 24.8 Å². The Kier molecular flexibility index (Phi) is 6.44. The van der Waals surface area contributed by atoms with Gasteiger partial charge in [-0.2, -0.15) is 0 Å². The van der Waals surface area contributed by atoms with Crippen LogP contribution in [0, 0.1) is 10.1 Å². The first-order valence-electron chi connectivity index (χ1n) is 10.7. The fourth-order valence-corrected chi connectivity index (χ4v) is 3.88. The molecular weight excluding hydrogens is 440 g/mol. The maximum atomic E-state index is 13.1. The first-order chi connectivity index (χ1) is 16.4. The van der Waals surface area contributed by atoms with Crippen molar-refractivity contribution in [1.29, 1.82) is 0 Å². The molecular formula is C25H22N2O7. The number of nitrogens with zero attached hydrogens (tertiary/aromatic N) is 2. The molecule has 1 fully saturated rings. The average molecular weight is 462 g/mol. The van der Waals surface area contributed by atoms with Crippen LogP contribution >= 0.6 is 0 Å². The number of rotatable bonds is 8. The van der Waals surface area contributed by atoms with Gasteiger partial charge in [0.1, 0.15) is 17.3 Å². The zero-order chi connectivity index (χ0) is 24.2. The number of likely N-dealkylation sites (tertiary alicyclic amines) is 1. The standard InChI is InChI=1S/C25H22N2O7/c1-2-11-33-19-9-4-7-17(14-19)23(28)21-22(16-6-3-8-18(13-16)27(31)32)26(25(30)24(21)29)15-20-10-5-12-34-20/h3-10,12-14,22,28H,2,11,15H2,1H3/b23-21+. The average Bonchev–Trinajstić information content (AvgIpc) is 3.45. The largest absolute Gasteiger partial charge is 0.507 e. The molecule has 1 aliphatic rings. The molecule has 2 heterocycles. The fraction of sp³-hybridized carbons (Fsp3) is 0.200. The summed E-state index contributed by atoms with van der Waals surface area (Å²) in [6, 6.07) is 14.5. The fourth-order valence-electron chi connectivity index (χ4n) is 3.88. The van der Waals surface area contributed by atoms with Gasteiger partial charge in [0.25, 0.3) is 17.4 Å². The van der Waals surface area contributed by atoms with Crippen molar-refractivity contribution < 1.29 is 28.8 Å². The number of nitro groups is 1. The Morgan fingerprint density at radius 3 is 2.65 bits per heavy atom. The molecule has 34 heavy (non-hydrogen) atoms. The van der Waals surface area contributed by atoms with E-state index in [-0.39, 0.29) is 17.8 Å². The van der Waals surface area contributed by atoms with E-state index in [0.717, 1.165) is 6.42 Å². The molecule has 1 amide bonds. The van der Waals surface area contributed by atoms with Gasteiger partial charge in [-0.3, -0.25) is 19.7 Å². The molecule has 1 atom stereocenters. The predicted molar refractivity (Wildman–Crippen MR) is 122 cm³/mol. The molecule has 4 rings (SSSR count). The number of benzene rings is 2. The molecule has 1 unspecified atom stereocenters. The number of aliphatic hydroxyl groups is 1. The van der Waals surface area contributed by atoms with Gasteiger partial charge in [0.05, 0.1) is 36.0 Å². The van der Waals surface area contributed by atoms with Crippen molar-refractivity contribution in [3.05, 3.63) is 99.5 Å². The van der Waals surface area contributed by atoms with E-state index in [1.54, 1.807) is 42.5 Å². The lowest BCUT2D eigenvalue weighted by atomic mass is 9.95. The third kappa shape index (κ3) is 4.40. The maximum Gasteiger partial charge on any atom is 0.296 e. The molecule has 174 valence electrons. The van der Waals surface area contributed by atoms with Crippen LogP contribution < -0.4 is 4.74 Å². The number of hydrogen-bond donors (Lipinski definition) is 1. The Balaban J connectivity index is 1.85. The number of Topliss-reactive ketones (excluding diaryl/α,β-unsaturated/α-hetero) is 1. The minimum atomic E-state index is -1.05. The van der Waals surface area contributed by atoms with Gasteiger partial charge in [0, 0.05) is 17.7 Å². The molecule has 3 aromatic rings. The third-order valence-corrected chi connectivity index (χ3v) is 5.42. The zero-order valence-corrected chi connectivity index (χ0v) is 18.3. The Bertz CT molecular complexity index is 1260. The first kappa shape index (κ1) is 22.8. The number of ether oxygens (including phenoxy) is 1. The van der Waals surface area contributed by atoms with Crippen LogP contribution in [0.5, 0.6) is 5.75 Å². The molecule has 0 bridgehead atoms. The highest BCUT2D eigenvalue weighted by Crippen LogP contribution is 2.41. The summed E-state index contributed by atoms with van der Waals surface area (Å²) in [5.74, 6) is -1.19. The third-order valence-electron chi connectivity index (χ3n) is 5.42. The highest BCUT2D eigenvalue weighted by atomic mass is 16.6. The summed E-state index contributed by atoms with van der Waals surface area (Å²) in [6.07, 6.45) is 2.23. The molecule has 0 spiro atoms. The van der Waals surface area contributed by atoms with Gasteiger partial charge in [0.2, 0.25) is 0 Å². The molecule has 1 saturated heterocycles. The van der Waals surface area contributed by atoms with Crippen LogP contribution in [0.1, 0.15) is 36.3 Å². The lowest BCUT2D eigenvalue weighted by Gasteiger charge is -2.24. The van der Waals surface area contributed by atoms with E-state index in [2.05, 4.69) is 0 Å². The number of aliphatic hydroxyl groups excluding tert-OH is 1. The molecule has 1 N–H and O–H groups in total. The smallest absolute Gasteiger partial charge is 0.296 e. The normalized spacial score (nSPS) is 17.2. The van der Waals surface area contributed by atoms with Crippen molar-refractivity contribution in [2.24, 2.45) is 0 Å². The van der Waals surface area contributed by atoms with Crippen molar-refractivity contribution in [2.45, 2.75) is 25.9 Å². The predicted octanol–water partition coefficient (Wildman–Crippen LogP) is 4.60. The Labute approximate surface area is 195 Å². The van der Waals surface area contributed by atoms with Crippen molar-refractivity contribution in [3.8, 4) is 5.75 Å². The molecule has 1 aliphatic heterocycles. The number of furan rings is 1. The van der Waals surface area contributed by atoms with E-state index >= 15 is 0 Å². The van der Waals surface area contributed by atoms with Gasteiger partial charge in [-0.05, 0) is 36.2 Å². The van der Waals surface area contributed by atoms with Gasteiger partial charge in [-0.25, -0.2) is 0 Å². The Morgan fingerprint density at radius 1 is 1.15 bits per heavy atom. The number of amides is 1. The molecule has 9 nitrogen and oxygen atoms in total. The van der Waals surface area contributed by atoms with Gasteiger partial charge in [-0.15, -0.1) is 0 Å². The number of non-ortho nitro benzene ring substituents is 1. The van der Waals surface area contributed by atoms with Crippen molar-refractivity contribution in [1.82, 2.24) is 4.90 Å². The van der Waals surface area contributed by atoms with E-state index in [1.165, 1.54) is 29.4 Å². The monoisotopic (exact) mass is 462 g/mol. The minimum Gasteiger partial charge on any atom is -0.507 e. The summed E-state index contributed by atoms with van der Waals surface area (Å²) in [4.78, 5) is 38.2. The van der Waals surface area contributed by atoms with Crippen LogP contribution in [-0.2, 0) is 16.1 Å². The Morgan fingerprint density at radius 2 is 1.94 bits per heavy atom. The van der Waals surface area contributed by atoms with Gasteiger partial charge >= 0.3 is 0 Å². The summed E-state index contributed by atoms with van der Waals surface area (Å²) in [7, 11) is 0. The second kappa shape index (κ2) is 9.62. The molecule has 1 aromatic heterocycles. The number of carbonyl (C=O) groups excluding carboxylic acids is 2. The first-order valence-corrected chi connectivity index (χ1v) is 10.7. The second-order valence-electron chi connectivity index (χ2n) is 7.73. The lowest BCUT2D eigenvalue weighted by Crippen LogP contribution is -2.29. The second-order valence-corrected chi connectivity index (χ2v) is 7.73. The summed E-state index contributed by atoms with van der Waals surface area (Å²) in [5, 5.41) is 22.5. The molecule has 0 radical (unpaired) electrons. The van der Waals surface area contributed by atoms with Crippen LogP contribution in [0.15, 0.2) is 76.9 Å². The topological polar surface area (TPSA) is 123 Å². The van der Waals surface area contributed by atoms with Gasteiger partial charge in [-0.1, -0.05) is 31.2 Å². The van der Waals surface area contributed by atoms with Crippen molar-refractivity contribution in [3.63, 3.8) is 0 Å². The summed E-state index contributed by atoms with van der Waals surface area (Å²) < 4.78 is 11.0. The van der Waals surface area contributed by atoms with E-state index < -0.39 is 28.4 Å². The number of nitro benzene ring substituents is 1. The van der Waals surface area contributed by atoms with E-state index in [1.807, 2.05) is 6.92 Å². The Hall–Kier alpha value is -4.40. The molecule has 0 aliphatic carbocycles. The van der Waals surface area contributed by atoms with Gasteiger partial charge < -0.3 is 19.2 Å². The number of ketones is 1. The van der Waals surface area contributed by atoms with Crippen LogP contribution in [0.25, 0.3) is 5.76 Å². The summed E-state index contributed by atoms with van der Waals surface area (Å²) in [6.45, 7) is 2.39. The van der Waals surface area contributed by atoms with Crippen molar-refractivity contribution in [2.75, 3.05) is 6.61 Å². The van der Waals surface area contributed by atoms with E-state index in [0.29, 0.717) is 29.2 Å². The SMILES string of the molecule is CCCOc1cccc(/C(O)=C2\C(=O)C(=O)N(Cc3ccco3)C2c2cccc([N+](=O)[O-])c2)c1. The van der Waals surface area contributed by atoms with Crippen molar-refractivity contribution >= 4 is 23.1 Å². The summed E-state index contributed by atoms with van der Waals surface area (Å²) in [5.41, 5.74) is 0.251. The van der Waals surface area contributed by atoms with Crippen LogP contribution in [0.3, 0.4) is 0 Å². The molecule has 2 aromatic carbocycles. The summed E-state index contributed by atoms with van der Waals surface area (Å²) >= 11 is 0. The maximum absolute atomic E-state index is 13.1. The van der Waals surface area contributed by atoms with Crippen LogP contribution in [0.4, 0.5) is 5.69 Å². The van der Waals surface area contributed by atoms with Gasteiger partial charge in [0.15, 0.2) is 0 Å². The van der Waals surface area contributed by atoms with E-state index in [4.69, 9.17) is 9.15 Å². The molecule has 9 heteroatoms. The number of hydrogen-bond acceptors (Lipinski definition) is 7. The molecule has 0 saturated carbocycles.